The van der Waals surface area contributed by atoms with Crippen molar-refractivity contribution in [2.24, 2.45) is 5.73 Å². The predicted molar refractivity (Wildman–Crippen MR) is 63.0 cm³/mol. The van der Waals surface area contributed by atoms with Crippen molar-refractivity contribution < 1.29 is 0 Å². The van der Waals surface area contributed by atoms with Crippen molar-refractivity contribution in [1.29, 1.82) is 0 Å². The van der Waals surface area contributed by atoms with E-state index in [0.717, 1.165) is 5.82 Å². The largest absolute Gasteiger partial charge is 0.350 e. The SMILES string of the molecule is Cc1ccc(N(C(C)CN)C2CC2)nc1. The van der Waals surface area contributed by atoms with Gasteiger partial charge in [0.2, 0.25) is 0 Å². The van der Waals surface area contributed by atoms with Crippen LogP contribution in [0.15, 0.2) is 18.3 Å². The van der Waals surface area contributed by atoms with E-state index < -0.39 is 0 Å². The van der Waals surface area contributed by atoms with E-state index in [9.17, 15) is 0 Å². The van der Waals surface area contributed by atoms with Gasteiger partial charge in [0.1, 0.15) is 5.82 Å². The number of nitrogens with two attached hydrogens (primary N) is 1. The van der Waals surface area contributed by atoms with E-state index in [1.165, 1.54) is 18.4 Å². The average molecular weight is 205 g/mol. The van der Waals surface area contributed by atoms with Gasteiger partial charge in [0.25, 0.3) is 0 Å². The van der Waals surface area contributed by atoms with E-state index in [-0.39, 0.29) is 0 Å². The molecule has 1 aliphatic rings. The first kappa shape index (κ1) is 10.4. The lowest BCUT2D eigenvalue weighted by Gasteiger charge is -2.29. The monoisotopic (exact) mass is 205 g/mol. The minimum atomic E-state index is 0.382. The molecule has 0 bridgehead atoms. The Hall–Kier alpha value is -1.09. The second-order valence-electron chi connectivity index (χ2n) is 4.42. The molecular formula is C12H19N3. The van der Waals surface area contributed by atoms with E-state index >= 15 is 0 Å². The summed E-state index contributed by atoms with van der Waals surface area (Å²) in [5.41, 5.74) is 6.94. The van der Waals surface area contributed by atoms with Crippen LogP contribution in [-0.2, 0) is 0 Å². The topological polar surface area (TPSA) is 42.1 Å². The molecule has 0 aliphatic heterocycles. The molecule has 0 aromatic carbocycles. The van der Waals surface area contributed by atoms with Gasteiger partial charge in [-0.15, -0.1) is 0 Å². The van der Waals surface area contributed by atoms with Crippen LogP contribution in [0, 0.1) is 6.92 Å². The minimum Gasteiger partial charge on any atom is -0.350 e. The Morgan fingerprint density at radius 1 is 1.53 bits per heavy atom. The van der Waals surface area contributed by atoms with Gasteiger partial charge < -0.3 is 10.6 Å². The van der Waals surface area contributed by atoms with Gasteiger partial charge in [0.05, 0.1) is 0 Å². The van der Waals surface area contributed by atoms with Crippen LogP contribution in [0.1, 0.15) is 25.3 Å². The van der Waals surface area contributed by atoms with Crippen LogP contribution < -0.4 is 10.6 Å². The van der Waals surface area contributed by atoms with Crippen LogP contribution >= 0.6 is 0 Å². The van der Waals surface area contributed by atoms with Crippen LogP contribution in [-0.4, -0.2) is 23.6 Å². The zero-order valence-electron chi connectivity index (χ0n) is 9.48. The summed E-state index contributed by atoms with van der Waals surface area (Å²) in [5.74, 6) is 1.07. The maximum atomic E-state index is 5.74. The summed E-state index contributed by atoms with van der Waals surface area (Å²) < 4.78 is 0. The normalized spacial score (nSPS) is 17.5. The fourth-order valence-corrected chi connectivity index (χ4v) is 1.85. The molecule has 1 heterocycles. The van der Waals surface area contributed by atoms with Gasteiger partial charge in [0, 0.05) is 24.8 Å². The molecule has 1 aromatic rings. The summed E-state index contributed by atoms with van der Waals surface area (Å²) in [6, 6.07) is 5.26. The summed E-state index contributed by atoms with van der Waals surface area (Å²) in [5, 5.41) is 0. The number of pyridine rings is 1. The molecule has 3 heteroatoms. The number of aromatic nitrogens is 1. The molecule has 0 radical (unpaired) electrons. The molecule has 1 saturated carbocycles. The number of anilines is 1. The highest BCUT2D eigenvalue weighted by Gasteiger charge is 2.32. The molecule has 0 amide bonds. The smallest absolute Gasteiger partial charge is 0.129 e. The number of nitrogens with zero attached hydrogens (tertiary/aromatic N) is 2. The predicted octanol–water partition coefficient (Wildman–Crippen LogP) is 1.71. The van der Waals surface area contributed by atoms with Crippen molar-refractivity contribution >= 4 is 5.82 Å². The van der Waals surface area contributed by atoms with E-state index in [2.05, 4.69) is 35.9 Å². The summed E-state index contributed by atoms with van der Waals surface area (Å²) in [7, 11) is 0. The van der Waals surface area contributed by atoms with Gasteiger partial charge in [-0.25, -0.2) is 4.98 Å². The number of rotatable bonds is 4. The molecule has 82 valence electrons. The van der Waals surface area contributed by atoms with Crippen LogP contribution in [0.25, 0.3) is 0 Å². The van der Waals surface area contributed by atoms with Gasteiger partial charge >= 0.3 is 0 Å². The van der Waals surface area contributed by atoms with Crippen molar-refractivity contribution in [3.63, 3.8) is 0 Å². The van der Waals surface area contributed by atoms with Crippen LogP contribution in [0.4, 0.5) is 5.82 Å². The molecule has 1 aromatic heterocycles. The summed E-state index contributed by atoms with van der Waals surface area (Å²) in [4.78, 5) is 6.84. The second kappa shape index (κ2) is 4.19. The first-order chi connectivity index (χ1) is 7.22. The first-order valence-corrected chi connectivity index (χ1v) is 5.63. The van der Waals surface area contributed by atoms with E-state index in [1.54, 1.807) is 0 Å². The molecule has 15 heavy (non-hydrogen) atoms. The van der Waals surface area contributed by atoms with Gasteiger partial charge in [-0.05, 0) is 38.3 Å². The molecule has 1 fully saturated rings. The summed E-state index contributed by atoms with van der Waals surface area (Å²) in [6.45, 7) is 4.91. The van der Waals surface area contributed by atoms with Crippen LogP contribution in [0.3, 0.4) is 0 Å². The highest BCUT2D eigenvalue weighted by Crippen LogP contribution is 2.32. The Labute approximate surface area is 91.3 Å². The minimum absolute atomic E-state index is 0.382. The molecule has 3 nitrogen and oxygen atoms in total. The van der Waals surface area contributed by atoms with E-state index in [0.29, 0.717) is 18.6 Å². The third kappa shape index (κ3) is 2.29. The molecule has 0 spiro atoms. The summed E-state index contributed by atoms with van der Waals surface area (Å²) >= 11 is 0. The van der Waals surface area contributed by atoms with Crippen molar-refractivity contribution in [3.05, 3.63) is 23.9 Å². The standard InChI is InChI=1S/C12H19N3/c1-9-3-6-12(14-8-9)15(10(2)7-13)11-4-5-11/h3,6,8,10-11H,4-5,7,13H2,1-2H3. The molecule has 1 atom stereocenters. The molecule has 0 saturated heterocycles. The van der Waals surface area contributed by atoms with Crippen LogP contribution in [0.2, 0.25) is 0 Å². The van der Waals surface area contributed by atoms with Gasteiger partial charge in [-0.2, -0.15) is 0 Å². The fraction of sp³-hybridized carbons (Fsp3) is 0.583. The van der Waals surface area contributed by atoms with Crippen molar-refractivity contribution in [2.45, 2.75) is 38.8 Å². The quantitative estimate of drug-likeness (QED) is 0.813. The zero-order chi connectivity index (χ0) is 10.8. The van der Waals surface area contributed by atoms with Crippen LogP contribution in [0.5, 0.6) is 0 Å². The first-order valence-electron chi connectivity index (χ1n) is 5.63. The molecular weight excluding hydrogens is 186 g/mol. The summed E-state index contributed by atoms with van der Waals surface area (Å²) in [6.07, 6.45) is 4.48. The third-order valence-electron chi connectivity index (χ3n) is 2.92. The van der Waals surface area contributed by atoms with Gasteiger partial charge in [-0.1, -0.05) is 6.07 Å². The zero-order valence-corrected chi connectivity index (χ0v) is 9.48. The molecule has 1 aliphatic carbocycles. The number of hydrogen-bond donors (Lipinski definition) is 1. The average Bonchev–Trinajstić information content (AvgIpc) is 3.05. The van der Waals surface area contributed by atoms with Gasteiger partial charge in [-0.3, -0.25) is 0 Å². The van der Waals surface area contributed by atoms with Crippen molar-refractivity contribution in [2.75, 3.05) is 11.4 Å². The molecule has 1 unspecified atom stereocenters. The Kier molecular flexibility index (Phi) is 2.91. The van der Waals surface area contributed by atoms with E-state index in [1.807, 2.05) is 6.20 Å². The lowest BCUT2D eigenvalue weighted by atomic mass is 10.2. The highest BCUT2D eigenvalue weighted by atomic mass is 15.3. The Morgan fingerprint density at radius 3 is 2.73 bits per heavy atom. The maximum Gasteiger partial charge on any atom is 0.129 e. The van der Waals surface area contributed by atoms with Gasteiger partial charge in [0.15, 0.2) is 0 Å². The maximum absolute atomic E-state index is 5.74. The Morgan fingerprint density at radius 2 is 2.27 bits per heavy atom. The number of aryl methyl sites for hydroxylation is 1. The second-order valence-corrected chi connectivity index (χ2v) is 4.42. The highest BCUT2D eigenvalue weighted by molar-refractivity contribution is 5.43. The Bertz CT molecular complexity index is 316. The Balaban J connectivity index is 2.20. The lowest BCUT2D eigenvalue weighted by Crippen LogP contribution is -2.40. The van der Waals surface area contributed by atoms with Crippen molar-refractivity contribution in [3.8, 4) is 0 Å². The fourth-order valence-electron chi connectivity index (χ4n) is 1.85. The third-order valence-corrected chi connectivity index (χ3v) is 2.92. The van der Waals surface area contributed by atoms with Crippen molar-refractivity contribution in [1.82, 2.24) is 4.98 Å². The lowest BCUT2D eigenvalue weighted by molar-refractivity contribution is 0.629. The number of hydrogen-bond acceptors (Lipinski definition) is 3. The molecule has 2 rings (SSSR count). The van der Waals surface area contributed by atoms with E-state index in [4.69, 9.17) is 5.73 Å². The molecule has 2 N–H and O–H groups in total.